The maximum atomic E-state index is 12.4. The van der Waals surface area contributed by atoms with E-state index in [1.54, 1.807) is 6.07 Å². The molecule has 18 nitrogen and oxygen atoms in total. The number of rotatable bonds is 10. The van der Waals surface area contributed by atoms with Crippen LogP contribution in [0.2, 0.25) is 0 Å². The van der Waals surface area contributed by atoms with Crippen molar-refractivity contribution < 1.29 is 63.5 Å². The van der Waals surface area contributed by atoms with Gasteiger partial charge in [-0.2, -0.15) is 20.5 Å². The fourth-order valence-electron chi connectivity index (χ4n) is 4.57. The Morgan fingerprint density at radius 2 is 1.08 bits per heavy atom. The van der Waals surface area contributed by atoms with Crippen LogP contribution in [0.3, 0.4) is 0 Å². The van der Waals surface area contributed by atoms with Crippen LogP contribution in [0.25, 0.3) is 10.8 Å². The number of non-ortho nitro benzene ring substituents is 2. The summed E-state index contributed by atoms with van der Waals surface area (Å²) in [7, 11) is -4.77. The van der Waals surface area contributed by atoms with Crippen molar-refractivity contribution in [3.63, 3.8) is 0 Å². The van der Waals surface area contributed by atoms with Crippen molar-refractivity contribution in [1.82, 2.24) is 0 Å². The van der Waals surface area contributed by atoms with Crippen LogP contribution in [-0.4, -0.2) is 35.9 Å². The molecule has 0 saturated heterocycles. The Morgan fingerprint density at radius 1 is 0.635 bits per heavy atom. The van der Waals surface area contributed by atoms with Crippen molar-refractivity contribution in [2.75, 3.05) is 18.0 Å². The Hall–Kier alpha value is -6.20. The number of nitro benzene ring substituents is 2. The number of fused-ring (bicyclic) bond motifs is 1. The second-order valence-electron chi connectivity index (χ2n) is 10.3. The molecule has 0 atom stereocenters. The molecular weight excluding hydrogens is 742 g/mol. The summed E-state index contributed by atoms with van der Waals surface area (Å²) in [6, 6.07) is 17.0. The fourth-order valence-corrected chi connectivity index (χ4v) is 5.26. The number of azo groups is 2. The first kappa shape index (κ1) is 40.2. The van der Waals surface area contributed by atoms with Gasteiger partial charge in [0.2, 0.25) is 0 Å². The zero-order valence-corrected chi connectivity index (χ0v) is 29.0. The quantitative estimate of drug-likeness (QED) is 0.0742. The molecule has 0 aliphatic rings. The molecule has 5 aromatic carbocycles. The molecule has 0 saturated carbocycles. The van der Waals surface area contributed by atoms with E-state index in [4.69, 9.17) is 0 Å². The van der Waals surface area contributed by atoms with E-state index in [1.165, 1.54) is 42.5 Å². The number of anilines is 1. The molecule has 0 spiro atoms. The van der Waals surface area contributed by atoms with Gasteiger partial charge in [-0.05, 0) is 67.1 Å². The molecule has 0 bridgehead atoms. The van der Waals surface area contributed by atoms with E-state index in [9.17, 15) is 53.6 Å². The molecule has 0 amide bonds. The van der Waals surface area contributed by atoms with Gasteiger partial charge in [0.25, 0.3) is 11.4 Å². The van der Waals surface area contributed by atoms with E-state index in [0.29, 0.717) is 0 Å². The number of nitrogens with zero attached hydrogens (tertiary/aromatic N) is 7. The molecule has 0 N–H and O–H groups in total. The topological polar surface area (TPSA) is 288 Å². The third-order valence-electron chi connectivity index (χ3n) is 7.13. The van der Waals surface area contributed by atoms with Gasteiger partial charge >= 0.3 is 20.2 Å². The maximum absolute atomic E-state index is 12.4. The van der Waals surface area contributed by atoms with Crippen LogP contribution in [0.1, 0.15) is 16.7 Å². The molecule has 0 aliphatic carbocycles. The summed E-state index contributed by atoms with van der Waals surface area (Å²) in [6.45, 7) is 5.54. The molecule has 1 radical (unpaired) electrons. The van der Waals surface area contributed by atoms with Crippen molar-refractivity contribution in [3.8, 4) is 23.0 Å². The summed E-state index contributed by atoms with van der Waals surface area (Å²) in [6.07, 6.45) is 0. The SMILES string of the molecule is CCN(CC)c1ccc(N=Nc2ccc([N+](=O)[O-])cc2[O-])c([O-])c1.O=[N+]([O-])c1ccc(N=Nc2ccc3c(S(=O)(=O)[O-])cccc3c2[O-])c([O-])c1.[Cr+3].[H+].[H+]. The van der Waals surface area contributed by atoms with Crippen molar-refractivity contribution in [1.29, 1.82) is 0 Å². The Balaban J connectivity index is 0.000000515. The zero-order chi connectivity index (χ0) is 37.5. The van der Waals surface area contributed by atoms with Crippen LogP contribution in [0, 0.1) is 20.2 Å². The third-order valence-corrected chi connectivity index (χ3v) is 8.03. The molecule has 20 heteroatoms. The Kier molecular flexibility index (Phi) is 13.3. The first-order chi connectivity index (χ1) is 24.1. The number of hydrogen-bond donors (Lipinski definition) is 0. The smallest absolute Gasteiger partial charge is 0.871 e. The maximum Gasteiger partial charge on any atom is 3.00 e. The van der Waals surface area contributed by atoms with Gasteiger partial charge < -0.3 is 29.9 Å². The fraction of sp³-hybridized carbons (Fsp3) is 0.125. The van der Waals surface area contributed by atoms with Gasteiger partial charge in [-0.15, -0.1) is 0 Å². The van der Waals surface area contributed by atoms with E-state index in [1.807, 2.05) is 18.7 Å². The zero-order valence-electron chi connectivity index (χ0n) is 28.9. The first-order valence-electron chi connectivity index (χ1n) is 14.6. The average molecular weight is 769 g/mol. The van der Waals surface area contributed by atoms with Crippen LogP contribution in [-0.2, 0) is 27.5 Å². The predicted octanol–water partition coefficient (Wildman–Crippen LogP) is 5.44. The third kappa shape index (κ3) is 9.52. The molecule has 0 aliphatic heterocycles. The summed E-state index contributed by atoms with van der Waals surface area (Å²) in [4.78, 5) is 21.3. The summed E-state index contributed by atoms with van der Waals surface area (Å²) < 4.78 is 33.9. The monoisotopic (exact) mass is 768 g/mol. The Morgan fingerprint density at radius 3 is 1.50 bits per heavy atom. The van der Waals surface area contributed by atoms with E-state index >= 15 is 0 Å². The number of hydrogen-bond acceptors (Lipinski definition) is 16. The molecule has 52 heavy (non-hydrogen) atoms. The molecule has 5 aromatic rings. The number of nitro groups is 2. The van der Waals surface area contributed by atoms with Gasteiger partial charge in [-0.25, -0.2) is 8.42 Å². The minimum atomic E-state index is -4.77. The summed E-state index contributed by atoms with van der Waals surface area (Å²) in [5, 5.41) is 84.0. The van der Waals surface area contributed by atoms with Gasteiger partial charge in [0.05, 0.1) is 37.5 Å². The second-order valence-corrected chi connectivity index (χ2v) is 11.6. The van der Waals surface area contributed by atoms with Crippen molar-refractivity contribution in [2.24, 2.45) is 20.5 Å². The largest absolute Gasteiger partial charge is 3.00 e. The van der Waals surface area contributed by atoms with Gasteiger partial charge in [0.15, 0.2) is 0 Å². The molecule has 0 heterocycles. The van der Waals surface area contributed by atoms with Crippen LogP contribution in [0.4, 0.5) is 39.8 Å². The van der Waals surface area contributed by atoms with E-state index in [0.717, 1.165) is 55.2 Å². The van der Waals surface area contributed by atoms with E-state index < -0.39 is 47.8 Å². The van der Waals surface area contributed by atoms with Crippen LogP contribution < -0.4 is 25.3 Å². The molecule has 0 aromatic heterocycles. The van der Waals surface area contributed by atoms with Gasteiger partial charge in [-0.1, -0.05) is 41.2 Å². The molecule has 267 valence electrons. The minimum absolute atomic E-state index is 0. The predicted molar refractivity (Wildman–Crippen MR) is 176 cm³/mol. The average Bonchev–Trinajstić information content (AvgIpc) is 3.08. The van der Waals surface area contributed by atoms with Crippen molar-refractivity contribution in [3.05, 3.63) is 105 Å². The van der Waals surface area contributed by atoms with E-state index in [2.05, 4.69) is 20.5 Å². The van der Waals surface area contributed by atoms with Crippen molar-refractivity contribution in [2.45, 2.75) is 18.7 Å². The standard InChI is InChI=1S/C16H18N4O4.C16H11N3O7S.Cr/c1-3-19(4-2)11-5-7-13(15(21)9-11)17-18-14-8-6-12(20(23)24)10-16(14)22;20-14-8-9(19(22)23)4-6-12(14)17-18-13-7-5-10-11(16(13)21)2-1-3-15(10)27(24,25)26;/h5-10,21-22H,3-4H2,1-2H3;1-8,20-21H,(H,24,25,26);/q;;+3/p-3. The summed E-state index contributed by atoms with van der Waals surface area (Å²) in [5.74, 6) is -2.37. The molecular formula is C32H26CrN7O11S. The van der Waals surface area contributed by atoms with Crippen LogP contribution in [0.15, 0.2) is 110 Å². The van der Waals surface area contributed by atoms with Crippen LogP contribution in [0.5, 0.6) is 23.0 Å². The van der Waals surface area contributed by atoms with E-state index in [-0.39, 0.29) is 65.2 Å². The molecule has 5 rings (SSSR count). The number of benzene rings is 5. The minimum Gasteiger partial charge on any atom is -0.871 e. The van der Waals surface area contributed by atoms with Gasteiger partial charge in [0, 0.05) is 43.0 Å². The van der Waals surface area contributed by atoms with Crippen LogP contribution >= 0.6 is 0 Å². The summed E-state index contributed by atoms with van der Waals surface area (Å²) in [5.41, 5.74) is -0.287. The Labute approximate surface area is 308 Å². The van der Waals surface area contributed by atoms with Gasteiger partial charge in [-0.3, -0.25) is 20.2 Å². The van der Waals surface area contributed by atoms with Crippen molar-refractivity contribution >= 4 is 60.7 Å². The normalized spacial score (nSPS) is 11.2. The molecule has 0 fully saturated rings. The Bertz CT molecular complexity index is 2310. The summed E-state index contributed by atoms with van der Waals surface area (Å²) >= 11 is 0. The second kappa shape index (κ2) is 17.1. The molecule has 0 unspecified atom stereocenters. The van der Waals surface area contributed by atoms with Gasteiger partial charge in [0.1, 0.15) is 10.1 Å². The first-order valence-corrected chi connectivity index (χ1v) is 16.0.